The number of hydrogen-bond donors (Lipinski definition) is 1. The molecule has 1 aromatic rings. The van der Waals surface area contributed by atoms with Gasteiger partial charge in [-0.3, -0.25) is 0 Å². The first-order chi connectivity index (χ1) is 5.70. The predicted octanol–water partition coefficient (Wildman–Crippen LogP) is 2.67. The molecule has 2 rings (SSSR count). The zero-order valence-electron chi connectivity index (χ0n) is 7.15. The SMILES string of the molecule is Cc1cc(N)c2c(c1I)CCC2. The van der Waals surface area contributed by atoms with E-state index in [-0.39, 0.29) is 0 Å². The quantitative estimate of drug-likeness (QED) is 0.570. The van der Waals surface area contributed by atoms with Crippen LogP contribution >= 0.6 is 22.6 Å². The van der Waals surface area contributed by atoms with Gasteiger partial charge < -0.3 is 5.73 Å². The first-order valence-electron chi connectivity index (χ1n) is 4.26. The minimum Gasteiger partial charge on any atom is -0.398 e. The molecule has 0 fully saturated rings. The van der Waals surface area contributed by atoms with Crippen molar-refractivity contribution in [3.63, 3.8) is 0 Å². The van der Waals surface area contributed by atoms with E-state index in [1.54, 1.807) is 0 Å². The smallest absolute Gasteiger partial charge is 0.0352 e. The van der Waals surface area contributed by atoms with Crippen LogP contribution in [0.2, 0.25) is 0 Å². The molecule has 12 heavy (non-hydrogen) atoms. The van der Waals surface area contributed by atoms with E-state index in [4.69, 9.17) is 5.73 Å². The fraction of sp³-hybridized carbons (Fsp3) is 0.400. The Labute approximate surface area is 86.5 Å². The summed E-state index contributed by atoms with van der Waals surface area (Å²) in [4.78, 5) is 0. The van der Waals surface area contributed by atoms with Gasteiger partial charge in [0.25, 0.3) is 0 Å². The van der Waals surface area contributed by atoms with Crippen molar-refractivity contribution in [2.45, 2.75) is 26.2 Å². The number of fused-ring (bicyclic) bond motifs is 1. The molecule has 0 saturated heterocycles. The third-order valence-electron chi connectivity index (χ3n) is 2.55. The molecule has 1 nitrogen and oxygen atoms in total. The summed E-state index contributed by atoms with van der Waals surface area (Å²) in [6, 6.07) is 2.10. The minimum absolute atomic E-state index is 1.00. The van der Waals surface area contributed by atoms with Gasteiger partial charge in [0.05, 0.1) is 0 Å². The molecule has 2 N–H and O–H groups in total. The first kappa shape index (κ1) is 8.35. The summed E-state index contributed by atoms with van der Waals surface area (Å²) in [5.41, 5.74) is 11.2. The molecule has 0 unspecified atom stereocenters. The highest BCUT2D eigenvalue weighted by atomic mass is 127. The fourth-order valence-corrected chi connectivity index (χ4v) is 2.68. The average Bonchev–Trinajstić information content (AvgIpc) is 2.48. The Morgan fingerprint density at radius 3 is 2.75 bits per heavy atom. The molecule has 0 bridgehead atoms. The van der Waals surface area contributed by atoms with E-state index >= 15 is 0 Å². The molecule has 0 aliphatic heterocycles. The van der Waals surface area contributed by atoms with E-state index in [2.05, 4.69) is 35.6 Å². The van der Waals surface area contributed by atoms with Crippen LogP contribution in [0.15, 0.2) is 6.07 Å². The van der Waals surface area contributed by atoms with E-state index in [1.165, 1.54) is 39.5 Å². The van der Waals surface area contributed by atoms with E-state index in [0.29, 0.717) is 0 Å². The van der Waals surface area contributed by atoms with E-state index in [9.17, 15) is 0 Å². The van der Waals surface area contributed by atoms with Crippen LogP contribution in [0.5, 0.6) is 0 Å². The van der Waals surface area contributed by atoms with Crippen molar-refractivity contribution < 1.29 is 0 Å². The summed E-state index contributed by atoms with van der Waals surface area (Å²) < 4.78 is 1.43. The Kier molecular flexibility index (Phi) is 2.02. The van der Waals surface area contributed by atoms with Crippen LogP contribution in [0, 0.1) is 10.5 Å². The zero-order valence-corrected chi connectivity index (χ0v) is 9.31. The Hall–Kier alpha value is -0.250. The average molecular weight is 273 g/mol. The molecule has 0 heterocycles. The molecule has 1 aromatic carbocycles. The number of rotatable bonds is 0. The molecule has 0 amide bonds. The predicted molar refractivity (Wildman–Crippen MR) is 60.3 cm³/mol. The third kappa shape index (κ3) is 1.13. The molecule has 1 aliphatic rings. The maximum atomic E-state index is 5.94. The maximum absolute atomic E-state index is 5.94. The highest BCUT2D eigenvalue weighted by molar-refractivity contribution is 14.1. The van der Waals surface area contributed by atoms with Gasteiger partial charge in [-0.25, -0.2) is 0 Å². The molecule has 64 valence electrons. The van der Waals surface area contributed by atoms with Crippen molar-refractivity contribution >= 4 is 28.3 Å². The van der Waals surface area contributed by atoms with Crippen LogP contribution in [0.25, 0.3) is 0 Å². The highest BCUT2D eigenvalue weighted by Crippen LogP contribution is 2.32. The van der Waals surface area contributed by atoms with Gasteiger partial charge in [0, 0.05) is 9.26 Å². The number of hydrogen-bond acceptors (Lipinski definition) is 1. The van der Waals surface area contributed by atoms with Crippen LogP contribution in [-0.4, -0.2) is 0 Å². The van der Waals surface area contributed by atoms with Gasteiger partial charge in [0.1, 0.15) is 0 Å². The molecular weight excluding hydrogens is 261 g/mol. The summed E-state index contributed by atoms with van der Waals surface area (Å²) in [5, 5.41) is 0. The molecule has 0 radical (unpaired) electrons. The summed E-state index contributed by atoms with van der Waals surface area (Å²) >= 11 is 2.43. The lowest BCUT2D eigenvalue weighted by Gasteiger charge is -2.08. The van der Waals surface area contributed by atoms with Gasteiger partial charge in [-0.1, -0.05) is 0 Å². The minimum atomic E-state index is 1.00. The second-order valence-corrected chi connectivity index (χ2v) is 4.49. The lowest BCUT2D eigenvalue weighted by molar-refractivity contribution is 0.910. The Morgan fingerprint density at radius 1 is 1.33 bits per heavy atom. The summed E-state index contributed by atoms with van der Waals surface area (Å²) in [6.45, 7) is 2.14. The monoisotopic (exact) mass is 273 g/mol. The van der Waals surface area contributed by atoms with E-state index in [1.807, 2.05) is 0 Å². The largest absolute Gasteiger partial charge is 0.398 e. The zero-order chi connectivity index (χ0) is 8.72. The topological polar surface area (TPSA) is 26.0 Å². The summed E-state index contributed by atoms with van der Waals surface area (Å²) in [5.74, 6) is 0. The lowest BCUT2D eigenvalue weighted by Crippen LogP contribution is -1.97. The maximum Gasteiger partial charge on any atom is 0.0352 e. The van der Waals surface area contributed by atoms with Crippen LogP contribution < -0.4 is 5.73 Å². The van der Waals surface area contributed by atoms with Crippen LogP contribution in [0.4, 0.5) is 5.69 Å². The van der Waals surface area contributed by atoms with Gasteiger partial charge in [-0.15, -0.1) is 0 Å². The van der Waals surface area contributed by atoms with Crippen LogP contribution in [0.1, 0.15) is 23.1 Å². The van der Waals surface area contributed by atoms with Gasteiger partial charge in [0.15, 0.2) is 0 Å². The number of benzene rings is 1. The van der Waals surface area contributed by atoms with Crippen molar-refractivity contribution in [3.05, 3.63) is 26.3 Å². The molecule has 1 aliphatic carbocycles. The third-order valence-corrected chi connectivity index (χ3v) is 4.05. The van der Waals surface area contributed by atoms with Crippen molar-refractivity contribution in [2.24, 2.45) is 0 Å². The van der Waals surface area contributed by atoms with Crippen LogP contribution in [-0.2, 0) is 12.8 Å². The van der Waals surface area contributed by atoms with Crippen molar-refractivity contribution in [1.29, 1.82) is 0 Å². The molecular formula is C10H12IN. The number of nitrogen functional groups attached to an aromatic ring is 1. The van der Waals surface area contributed by atoms with Gasteiger partial charge in [0.2, 0.25) is 0 Å². The number of anilines is 1. The Bertz CT molecular complexity index is 331. The summed E-state index contributed by atoms with van der Waals surface area (Å²) in [7, 11) is 0. The highest BCUT2D eigenvalue weighted by Gasteiger charge is 2.17. The molecule has 2 heteroatoms. The number of halogens is 1. The van der Waals surface area contributed by atoms with Crippen molar-refractivity contribution in [2.75, 3.05) is 5.73 Å². The van der Waals surface area contributed by atoms with E-state index in [0.717, 1.165) is 5.69 Å². The van der Waals surface area contributed by atoms with Gasteiger partial charge in [-0.05, 0) is 71.5 Å². The fourth-order valence-electron chi connectivity index (χ4n) is 1.93. The molecule has 0 aromatic heterocycles. The molecule has 0 spiro atoms. The normalized spacial score (nSPS) is 14.8. The number of nitrogens with two attached hydrogens (primary N) is 1. The standard InChI is InChI=1S/C10H12IN/c1-6-5-9(12)7-3-2-4-8(7)10(6)11/h5H,2-4,12H2,1H3. The van der Waals surface area contributed by atoms with Crippen LogP contribution in [0.3, 0.4) is 0 Å². The van der Waals surface area contributed by atoms with Crippen molar-refractivity contribution in [1.82, 2.24) is 0 Å². The van der Waals surface area contributed by atoms with Gasteiger partial charge in [-0.2, -0.15) is 0 Å². The Morgan fingerprint density at radius 2 is 2.00 bits per heavy atom. The lowest BCUT2D eigenvalue weighted by atomic mass is 10.1. The number of aryl methyl sites for hydroxylation is 1. The molecule has 0 saturated carbocycles. The Balaban J connectivity index is 2.69. The second-order valence-electron chi connectivity index (χ2n) is 3.41. The van der Waals surface area contributed by atoms with Crippen molar-refractivity contribution in [3.8, 4) is 0 Å². The van der Waals surface area contributed by atoms with Gasteiger partial charge >= 0.3 is 0 Å². The van der Waals surface area contributed by atoms with E-state index < -0.39 is 0 Å². The summed E-state index contributed by atoms with van der Waals surface area (Å²) in [6.07, 6.45) is 3.68. The molecule has 0 atom stereocenters. The first-order valence-corrected chi connectivity index (χ1v) is 5.34. The second kappa shape index (κ2) is 2.91.